The van der Waals surface area contributed by atoms with Crippen LogP contribution >= 0.6 is 15.9 Å². The number of rotatable bonds is 2. The molecule has 0 aliphatic heterocycles. The number of nitrogens with one attached hydrogen (secondary N) is 1. The van der Waals surface area contributed by atoms with E-state index < -0.39 is 0 Å². The molecule has 0 bridgehead atoms. The number of aromatic nitrogens is 1. The van der Waals surface area contributed by atoms with Crippen molar-refractivity contribution in [1.82, 2.24) is 10.3 Å². The molecule has 4 heteroatoms. The van der Waals surface area contributed by atoms with E-state index >= 15 is 0 Å². The summed E-state index contributed by atoms with van der Waals surface area (Å²) in [7, 11) is 1.88. The van der Waals surface area contributed by atoms with E-state index in [-0.39, 0.29) is 6.04 Å². The van der Waals surface area contributed by atoms with Gasteiger partial charge in [-0.15, -0.1) is 0 Å². The van der Waals surface area contributed by atoms with Gasteiger partial charge < -0.3 is 9.73 Å². The molecule has 74 valence electrons. The minimum absolute atomic E-state index is 0.140. The van der Waals surface area contributed by atoms with Crippen LogP contribution in [0, 0.1) is 0 Å². The highest BCUT2D eigenvalue weighted by Crippen LogP contribution is 2.22. The summed E-state index contributed by atoms with van der Waals surface area (Å²) in [5.41, 5.74) is 1.71. The Balaban J connectivity index is 2.51. The van der Waals surface area contributed by atoms with Crippen LogP contribution in [0.15, 0.2) is 27.1 Å². The Morgan fingerprint density at radius 1 is 1.50 bits per heavy atom. The lowest BCUT2D eigenvalue weighted by molar-refractivity contribution is 0.456. The van der Waals surface area contributed by atoms with Gasteiger partial charge in [-0.3, -0.25) is 0 Å². The Bertz CT molecular complexity index is 452. The Morgan fingerprint density at radius 2 is 2.29 bits per heavy atom. The lowest BCUT2D eigenvalue weighted by Crippen LogP contribution is -2.12. The van der Waals surface area contributed by atoms with Crippen molar-refractivity contribution in [1.29, 1.82) is 0 Å². The molecule has 1 N–H and O–H groups in total. The first-order valence-corrected chi connectivity index (χ1v) is 5.23. The van der Waals surface area contributed by atoms with Crippen molar-refractivity contribution in [2.75, 3.05) is 7.05 Å². The molecule has 0 radical (unpaired) electrons. The molecule has 0 saturated carbocycles. The molecule has 0 fully saturated rings. The second kappa shape index (κ2) is 3.71. The first-order chi connectivity index (χ1) is 6.70. The predicted molar refractivity (Wildman–Crippen MR) is 59.2 cm³/mol. The van der Waals surface area contributed by atoms with Crippen molar-refractivity contribution in [2.24, 2.45) is 0 Å². The van der Waals surface area contributed by atoms with E-state index in [2.05, 4.69) is 26.2 Å². The lowest BCUT2D eigenvalue weighted by atomic mass is 10.3. The number of halogens is 1. The largest absolute Gasteiger partial charge is 0.439 e. The number of oxazole rings is 1. The fourth-order valence-electron chi connectivity index (χ4n) is 1.23. The molecule has 2 rings (SSSR count). The van der Waals surface area contributed by atoms with E-state index in [9.17, 15) is 0 Å². The molecule has 1 aromatic carbocycles. The van der Waals surface area contributed by atoms with Crippen molar-refractivity contribution in [3.8, 4) is 0 Å². The molecule has 2 aromatic rings. The summed E-state index contributed by atoms with van der Waals surface area (Å²) >= 11 is 3.40. The van der Waals surface area contributed by atoms with Gasteiger partial charge in [-0.2, -0.15) is 0 Å². The predicted octanol–water partition coefficient (Wildman–Crippen LogP) is 2.87. The molecule has 0 saturated heterocycles. The van der Waals surface area contributed by atoms with E-state index in [0.717, 1.165) is 21.5 Å². The first-order valence-electron chi connectivity index (χ1n) is 4.44. The van der Waals surface area contributed by atoms with Crippen LogP contribution in [0.1, 0.15) is 18.9 Å². The van der Waals surface area contributed by atoms with Crippen LogP contribution < -0.4 is 5.32 Å². The fourth-order valence-corrected chi connectivity index (χ4v) is 1.58. The van der Waals surface area contributed by atoms with E-state index in [1.54, 1.807) is 0 Å². The van der Waals surface area contributed by atoms with Crippen LogP contribution in [0.5, 0.6) is 0 Å². The number of hydrogen-bond donors (Lipinski definition) is 1. The lowest BCUT2D eigenvalue weighted by Gasteiger charge is -2.02. The van der Waals surface area contributed by atoms with Gasteiger partial charge >= 0.3 is 0 Å². The van der Waals surface area contributed by atoms with Gasteiger partial charge in [0.15, 0.2) is 5.58 Å². The maximum absolute atomic E-state index is 5.58. The Hall–Kier alpha value is -0.870. The molecule has 0 amide bonds. The fraction of sp³-hybridized carbons (Fsp3) is 0.300. The summed E-state index contributed by atoms with van der Waals surface area (Å²) < 4.78 is 6.60. The average Bonchev–Trinajstić information content (AvgIpc) is 2.59. The van der Waals surface area contributed by atoms with Gasteiger partial charge in [0.25, 0.3) is 0 Å². The SMILES string of the molecule is CNC(C)c1nc2cc(Br)ccc2o1. The third-order valence-electron chi connectivity index (χ3n) is 2.17. The standard InChI is InChI=1S/C10H11BrN2O/c1-6(12-2)10-13-8-5-7(11)3-4-9(8)14-10/h3-6,12H,1-2H3. The maximum Gasteiger partial charge on any atom is 0.212 e. The monoisotopic (exact) mass is 254 g/mol. The van der Waals surface area contributed by atoms with Crippen LogP contribution in [0.2, 0.25) is 0 Å². The molecule has 0 aliphatic rings. The zero-order valence-corrected chi connectivity index (χ0v) is 9.63. The van der Waals surface area contributed by atoms with Crippen molar-refractivity contribution in [3.05, 3.63) is 28.6 Å². The first kappa shape index (κ1) is 9.68. The van der Waals surface area contributed by atoms with Crippen LogP contribution in [0.3, 0.4) is 0 Å². The molecule has 3 nitrogen and oxygen atoms in total. The quantitative estimate of drug-likeness (QED) is 0.896. The molecular formula is C10H11BrN2O. The third kappa shape index (κ3) is 1.67. The Morgan fingerprint density at radius 3 is 3.00 bits per heavy atom. The minimum atomic E-state index is 0.140. The van der Waals surface area contributed by atoms with Gasteiger partial charge in [0.05, 0.1) is 6.04 Å². The molecule has 1 atom stereocenters. The number of benzene rings is 1. The maximum atomic E-state index is 5.58. The minimum Gasteiger partial charge on any atom is -0.439 e. The third-order valence-corrected chi connectivity index (χ3v) is 2.66. The second-order valence-corrected chi connectivity index (χ2v) is 4.09. The molecule has 1 aromatic heterocycles. The highest BCUT2D eigenvalue weighted by molar-refractivity contribution is 9.10. The zero-order chi connectivity index (χ0) is 10.1. The smallest absolute Gasteiger partial charge is 0.212 e. The Labute approximate surface area is 90.6 Å². The van der Waals surface area contributed by atoms with E-state index in [1.807, 2.05) is 32.2 Å². The molecular weight excluding hydrogens is 244 g/mol. The molecule has 1 heterocycles. The molecule has 1 unspecified atom stereocenters. The summed E-state index contributed by atoms with van der Waals surface area (Å²) in [4.78, 5) is 4.39. The number of hydrogen-bond acceptors (Lipinski definition) is 3. The highest BCUT2D eigenvalue weighted by atomic mass is 79.9. The van der Waals surface area contributed by atoms with Gasteiger partial charge in [-0.25, -0.2) is 4.98 Å². The van der Waals surface area contributed by atoms with E-state index in [1.165, 1.54) is 0 Å². The normalized spacial score (nSPS) is 13.4. The summed E-state index contributed by atoms with van der Waals surface area (Å²) in [6, 6.07) is 5.95. The summed E-state index contributed by atoms with van der Waals surface area (Å²) in [5.74, 6) is 0.723. The topological polar surface area (TPSA) is 38.1 Å². The van der Waals surface area contributed by atoms with Crippen molar-refractivity contribution in [3.63, 3.8) is 0 Å². The van der Waals surface area contributed by atoms with Gasteiger partial charge in [-0.05, 0) is 32.2 Å². The summed E-state index contributed by atoms with van der Waals surface area (Å²) in [5, 5.41) is 3.09. The highest BCUT2D eigenvalue weighted by Gasteiger charge is 2.11. The Kier molecular flexibility index (Phi) is 2.56. The van der Waals surface area contributed by atoms with Gasteiger partial charge in [0.2, 0.25) is 5.89 Å². The molecule has 14 heavy (non-hydrogen) atoms. The zero-order valence-electron chi connectivity index (χ0n) is 8.04. The van der Waals surface area contributed by atoms with E-state index in [4.69, 9.17) is 4.42 Å². The average molecular weight is 255 g/mol. The van der Waals surface area contributed by atoms with Crippen LogP contribution in [0.4, 0.5) is 0 Å². The summed E-state index contributed by atoms with van der Waals surface area (Å²) in [6.45, 7) is 2.01. The van der Waals surface area contributed by atoms with Crippen LogP contribution in [-0.4, -0.2) is 12.0 Å². The second-order valence-electron chi connectivity index (χ2n) is 3.17. The van der Waals surface area contributed by atoms with Gasteiger partial charge in [0, 0.05) is 4.47 Å². The molecule has 0 spiro atoms. The van der Waals surface area contributed by atoms with Crippen LogP contribution in [0.25, 0.3) is 11.1 Å². The van der Waals surface area contributed by atoms with Crippen molar-refractivity contribution < 1.29 is 4.42 Å². The summed E-state index contributed by atoms with van der Waals surface area (Å²) in [6.07, 6.45) is 0. The van der Waals surface area contributed by atoms with E-state index in [0.29, 0.717) is 0 Å². The number of nitrogens with zero attached hydrogens (tertiary/aromatic N) is 1. The molecule has 0 aliphatic carbocycles. The van der Waals surface area contributed by atoms with Gasteiger partial charge in [0.1, 0.15) is 5.52 Å². The van der Waals surface area contributed by atoms with Crippen molar-refractivity contribution >= 4 is 27.0 Å². The number of fused-ring (bicyclic) bond motifs is 1. The van der Waals surface area contributed by atoms with Crippen LogP contribution in [-0.2, 0) is 0 Å². The van der Waals surface area contributed by atoms with Gasteiger partial charge in [-0.1, -0.05) is 15.9 Å². The van der Waals surface area contributed by atoms with Crippen molar-refractivity contribution in [2.45, 2.75) is 13.0 Å².